The van der Waals surface area contributed by atoms with E-state index in [1.54, 1.807) is 22.7 Å². The third-order valence-corrected chi connectivity index (χ3v) is 8.19. The molecule has 3 heterocycles. The van der Waals surface area contributed by atoms with Gasteiger partial charge in [0.15, 0.2) is 0 Å². The molecule has 1 fully saturated rings. The van der Waals surface area contributed by atoms with Gasteiger partial charge in [0.25, 0.3) is 0 Å². The first-order valence-electron chi connectivity index (χ1n) is 10.2. The van der Waals surface area contributed by atoms with Gasteiger partial charge in [-0.25, -0.2) is 4.98 Å². The van der Waals surface area contributed by atoms with Gasteiger partial charge in [0.05, 0.1) is 28.4 Å². The monoisotopic (exact) mass is 422 g/mol. The Balaban J connectivity index is 1.31. The highest BCUT2D eigenvalue weighted by atomic mass is 32.1. The molecule has 0 saturated carbocycles. The molecular weight excluding hydrogens is 400 g/mol. The van der Waals surface area contributed by atoms with Crippen molar-refractivity contribution in [3.63, 3.8) is 0 Å². The minimum atomic E-state index is -0.0342. The summed E-state index contributed by atoms with van der Waals surface area (Å²) in [5.74, 6) is -0.0342. The van der Waals surface area contributed by atoms with Crippen LogP contribution in [-0.4, -0.2) is 28.9 Å². The van der Waals surface area contributed by atoms with Crippen molar-refractivity contribution in [2.24, 2.45) is 0 Å². The van der Waals surface area contributed by atoms with E-state index in [9.17, 15) is 10.1 Å². The highest BCUT2D eigenvalue weighted by molar-refractivity contribution is 7.18. The lowest BCUT2D eigenvalue weighted by molar-refractivity contribution is -0.117. The Morgan fingerprint density at radius 3 is 2.97 bits per heavy atom. The van der Waals surface area contributed by atoms with E-state index in [-0.39, 0.29) is 11.9 Å². The van der Waals surface area contributed by atoms with E-state index in [1.165, 1.54) is 16.0 Å². The molecule has 3 aromatic rings. The van der Waals surface area contributed by atoms with Gasteiger partial charge in [0.1, 0.15) is 16.1 Å². The SMILES string of the molecule is N#Cc1c(NC(=O)CN2CCCC2c2nc3ccccc3s2)sc2c1CCCC2. The smallest absolute Gasteiger partial charge is 0.239 e. The van der Waals surface area contributed by atoms with Gasteiger partial charge < -0.3 is 5.32 Å². The van der Waals surface area contributed by atoms with Crippen LogP contribution in [0.1, 0.15) is 52.7 Å². The summed E-state index contributed by atoms with van der Waals surface area (Å²) in [6, 6.07) is 10.7. The summed E-state index contributed by atoms with van der Waals surface area (Å²) < 4.78 is 1.20. The zero-order chi connectivity index (χ0) is 19.8. The van der Waals surface area contributed by atoms with Gasteiger partial charge in [-0.3, -0.25) is 9.69 Å². The number of aromatic nitrogens is 1. The number of nitriles is 1. The van der Waals surface area contributed by atoms with Crippen LogP contribution in [0, 0.1) is 11.3 Å². The van der Waals surface area contributed by atoms with Gasteiger partial charge in [-0.2, -0.15) is 5.26 Å². The van der Waals surface area contributed by atoms with Crippen LogP contribution < -0.4 is 5.32 Å². The van der Waals surface area contributed by atoms with Crippen molar-refractivity contribution >= 4 is 43.8 Å². The molecule has 29 heavy (non-hydrogen) atoms. The van der Waals surface area contributed by atoms with E-state index in [4.69, 9.17) is 4.98 Å². The van der Waals surface area contributed by atoms with Crippen molar-refractivity contribution in [1.82, 2.24) is 9.88 Å². The topological polar surface area (TPSA) is 69.0 Å². The molecule has 1 unspecified atom stereocenters. The average molecular weight is 423 g/mol. The molecule has 1 aliphatic carbocycles. The molecule has 1 atom stereocenters. The first-order valence-corrected chi connectivity index (χ1v) is 11.8. The van der Waals surface area contributed by atoms with E-state index >= 15 is 0 Å². The van der Waals surface area contributed by atoms with Crippen molar-refractivity contribution in [2.75, 3.05) is 18.4 Å². The molecule has 5 rings (SSSR count). The number of thiazole rings is 1. The minimum Gasteiger partial charge on any atom is -0.315 e. The quantitative estimate of drug-likeness (QED) is 0.650. The Kier molecular flexibility index (Phi) is 5.08. The molecule has 0 bridgehead atoms. The first kappa shape index (κ1) is 18.7. The summed E-state index contributed by atoms with van der Waals surface area (Å²) in [6.07, 6.45) is 6.38. The lowest BCUT2D eigenvalue weighted by atomic mass is 9.96. The Labute approximate surface area is 178 Å². The number of nitrogens with zero attached hydrogens (tertiary/aromatic N) is 3. The Hall–Kier alpha value is -2.27. The molecule has 1 N–H and O–H groups in total. The number of carbonyl (C=O) groups is 1. The highest BCUT2D eigenvalue weighted by Gasteiger charge is 2.30. The Morgan fingerprint density at radius 2 is 2.10 bits per heavy atom. The fourth-order valence-electron chi connectivity index (χ4n) is 4.45. The number of benzene rings is 1. The maximum atomic E-state index is 12.8. The molecule has 7 heteroatoms. The van der Waals surface area contributed by atoms with Crippen molar-refractivity contribution in [2.45, 2.75) is 44.6 Å². The molecular formula is C22H22N4OS2. The third kappa shape index (κ3) is 3.57. The Morgan fingerprint density at radius 1 is 1.24 bits per heavy atom. The van der Waals surface area contributed by atoms with Crippen molar-refractivity contribution < 1.29 is 4.79 Å². The number of amides is 1. The molecule has 148 valence electrons. The van der Waals surface area contributed by atoms with Gasteiger partial charge in [-0.05, 0) is 62.8 Å². The van der Waals surface area contributed by atoms with Gasteiger partial charge in [0.2, 0.25) is 5.91 Å². The number of thiophene rings is 1. The van der Waals surface area contributed by atoms with Crippen LogP contribution in [0.5, 0.6) is 0 Å². The van der Waals surface area contributed by atoms with Gasteiger partial charge >= 0.3 is 0 Å². The number of rotatable bonds is 4. The number of aryl methyl sites for hydroxylation is 1. The largest absolute Gasteiger partial charge is 0.315 e. The first-order chi connectivity index (χ1) is 14.2. The number of hydrogen-bond acceptors (Lipinski definition) is 6. The number of hydrogen-bond donors (Lipinski definition) is 1. The molecule has 2 aliphatic rings. The molecule has 5 nitrogen and oxygen atoms in total. The van der Waals surface area contributed by atoms with Crippen molar-refractivity contribution in [3.8, 4) is 6.07 Å². The predicted molar refractivity (Wildman–Crippen MR) is 117 cm³/mol. The summed E-state index contributed by atoms with van der Waals surface area (Å²) >= 11 is 3.32. The maximum absolute atomic E-state index is 12.8. The molecule has 1 aliphatic heterocycles. The zero-order valence-corrected chi connectivity index (χ0v) is 17.7. The molecule has 1 amide bonds. The van der Waals surface area contributed by atoms with Crippen LogP contribution >= 0.6 is 22.7 Å². The van der Waals surface area contributed by atoms with E-state index in [2.05, 4.69) is 22.4 Å². The fraction of sp³-hybridized carbons (Fsp3) is 0.409. The van der Waals surface area contributed by atoms with Crippen LogP contribution in [0.25, 0.3) is 10.2 Å². The van der Waals surface area contributed by atoms with E-state index in [0.717, 1.165) is 59.7 Å². The number of carbonyl (C=O) groups excluding carboxylic acids is 1. The summed E-state index contributed by atoms with van der Waals surface area (Å²) in [5, 5.41) is 14.5. The van der Waals surface area contributed by atoms with Gasteiger partial charge in [0, 0.05) is 4.88 Å². The number of anilines is 1. The fourth-order valence-corrected chi connectivity index (χ4v) is 6.84. The molecule has 2 aromatic heterocycles. The average Bonchev–Trinajstić information content (AvgIpc) is 3.43. The highest BCUT2D eigenvalue weighted by Crippen LogP contribution is 2.38. The summed E-state index contributed by atoms with van der Waals surface area (Å²) in [7, 11) is 0. The second-order valence-electron chi connectivity index (χ2n) is 7.72. The van der Waals surface area contributed by atoms with Crippen LogP contribution in [0.2, 0.25) is 0 Å². The lowest BCUT2D eigenvalue weighted by Crippen LogP contribution is -2.32. The van der Waals surface area contributed by atoms with E-state index < -0.39 is 0 Å². The minimum absolute atomic E-state index is 0.0342. The second kappa shape index (κ2) is 7.86. The number of likely N-dealkylation sites (tertiary alicyclic amines) is 1. The molecule has 0 radical (unpaired) electrons. The summed E-state index contributed by atoms with van der Waals surface area (Å²) in [5.41, 5.74) is 2.88. The van der Waals surface area contributed by atoms with E-state index in [0.29, 0.717) is 12.1 Å². The summed E-state index contributed by atoms with van der Waals surface area (Å²) in [6.45, 7) is 1.24. The van der Waals surface area contributed by atoms with Gasteiger partial charge in [-0.1, -0.05) is 12.1 Å². The van der Waals surface area contributed by atoms with Crippen LogP contribution in [0.3, 0.4) is 0 Å². The Bertz CT molecular complexity index is 1080. The molecule has 0 spiro atoms. The van der Waals surface area contributed by atoms with Gasteiger partial charge in [-0.15, -0.1) is 22.7 Å². The van der Waals surface area contributed by atoms with Crippen molar-refractivity contribution in [1.29, 1.82) is 5.26 Å². The van der Waals surface area contributed by atoms with Crippen LogP contribution in [-0.2, 0) is 17.6 Å². The van der Waals surface area contributed by atoms with Crippen LogP contribution in [0.15, 0.2) is 24.3 Å². The third-order valence-electron chi connectivity index (χ3n) is 5.84. The standard InChI is InChI=1S/C22H22N4OS2/c23-12-15-14-6-1-3-9-18(14)28-21(15)25-20(27)13-26-11-5-8-17(26)22-24-16-7-2-4-10-19(16)29-22/h2,4,7,10,17H,1,3,5-6,8-9,11,13H2,(H,25,27). The number of fused-ring (bicyclic) bond motifs is 2. The number of nitrogens with one attached hydrogen (secondary N) is 1. The summed E-state index contributed by atoms with van der Waals surface area (Å²) in [4.78, 5) is 21.1. The van der Waals surface area contributed by atoms with Crippen molar-refractivity contribution in [3.05, 3.63) is 45.3 Å². The van der Waals surface area contributed by atoms with E-state index in [1.807, 2.05) is 18.2 Å². The number of para-hydroxylation sites is 1. The molecule has 1 saturated heterocycles. The lowest BCUT2D eigenvalue weighted by Gasteiger charge is -2.21. The zero-order valence-electron chi connectivity index (χ0n) is 16.1. The van der Waals surface area contributed by atoms with Crippen LogP contribution in [0.4, 0.5) is 5.00 Å². The maximum Gasteiger partial charge on any atom is 0.239 e. The predicted octanol–water partition coefficient (Wildman–Crippen LogP) is 4.88. The normalized spacial score (nSPS) is 19.2. The second-order valence-corrected chi connectivity index (χ2v) is 9.89. The molecule has 1 aromatic carbocycles.